The first-order chi connectivity index (χ1) is 8.70. The molecule has 3 N–H and O–H groups in total. The van der Waals surface area contributed by atoms with E-state index in [1.165, 1.54) is 0 Å². The molecule has 0 spiro atoms. The van der Waals surface area contributed by atoms with E-state index in [0.717, 1.165) is 11.3 Å². The summed E-state index contributed by atoms with van der Waals surface area (Å²) in [7, 11) is 0. The molecule has 3 nitrogen and oxygen atoms in total. The van der Waals surface area contributed by atoms with Gasteiger partial charge in [0, 0.05) is 18.2 Å². The largest absolute Gasteiger partial charge is 0.326 e. The van der Waals surface area contributed by atoms with Gasteiger partial charge in [0.25, 0.3) is 0 Å². The van der Waals surface area contributed by atoms with E-state index in [2.05, 4.69) is 33.0 Å². The number of amides is 1. The van der Waals surface area contributed by atoms with E-state index >= 15 is 0 Å². The molecule has 0 fully saturated rings. The van der Waals surface area contributed by atoms with Gasteiger partial charge in [-0.3, -0.25) is 4.79 Å². The van der Waals surface area contributed by atoms with Crippen molar-refractivity contribution in [2.75, 3.05) is 5.32 Å². The third kappa shape index (κ3) is 5.03. The number of hydrogen-bond donors (Lipinski definition) is 2. The molecule has 0 bridgehead atoms. The summed E-state index contributed by atoms with van der Waals surface area (Å²) in [6.07, 6.45) is 0.534. The van der Waals surface area contributed by atoms with Crippen LogP contribution in [-0.4, -0.2) is 5.91 Å². The second kappa shape index (κ2) is 6.20. The molecular weight excluding hydrogens is 236 g/mol. The maximum Gasteiger partial charge on any atom is 0.224 e. The van der Waals surface area contributed by atoms with Crippen LogP contribution in [0.5, 0.6) is 0 Å². The number of hydrogen-bond acceptors (Lipinski definition) is 2. The summed E-state index contributed by atoms with van der Waals surface area (Å²) in [6, 6.07) is 7.69. The number of rotatable bonds is 4. The molecule has 0 aliphatic rings. The highest BCUT2D eigenvalue weighted by atomic mass is 16.1. The van der Waals surface area contributed by atoms with Crippen molar-refractivity contribution in [3.63, 3.8) is 0 Å². The van der Waals surface area contributed by atoms with Crippen molar-refractivity contribution < 1.29 is 4.79 Å². The van der Waals surface area contributed by atoms with Crippen LogP contribution in [0.2, 0.25) is 0 Å². The van der Waals surface area contributed by atoms with Crippen LogP contribution in [0.25, 0.3) is 0 Å². The van der Waals surface area contributed by atoms with Crippen LogP contribution in [0.3, 0.4) is 0 Å². The van der Waals surface area contributed by atoms with Crippen molar-refractivity contribution in [1.82, 2.24) is 0 Å². The molecule has 2 atom stereocenters. The molecule has 1 aromatic rings. The molecule has 106 valence electrons. The Hall–Kier alpha value is -1.35. The number of carbonyl (C=O) groups is 1. The van der Waals surface area contributed by atoms with Crippen molar-refractivity contribution >= 4 is 11.6 Å². The van der Waals surface area contributed by atoms with Gasteiger partial charge in [-0.2, -0.15) is 0 Å². The minimum absolute atomic E-state index is 0.0228. The molecule has 0 radical (unpaired) electrons. The number of carbonyl (C=O) groups excluding carboxylic acids is 1. The van der Waals surface area contributed by atoms with Gasteiger partial charge in [-0.05, 0) is 36.0 Å². The van der Waals surface area contributed by atoms with E-state index < -0.39 is 0 Å². The van der Waals surface area contributed by atoms with E-state index in [4.69, 9.17) is 5.73 Å². The predicted molar refractivity (Wildman–Crippen MR) is 80.9 cm³/mol. The Morgan fingerprint density at radius 2 is 1.95 bits per heavy atom. The molecule has 0 aliphatic carbocycles. The Kier molecular flexibility index (Phi) is 5.12. The van der Waals surface area contributed by atoms with Gasteiger partial charge >= 0.3 is 0 Å². The molecule has 0 aromatic heterocycles. The molecule has 1 aromatic carbocycles. The Morgan fingerprint density at radius 3 is 2.47 bits per heavy atom. The first-order valence-corrected chi connectivity index (χ1v) is 6.85. The van der Waals surface area contributed by atoms with Crippen LogP contribution in [0.15, 0.2) is 24.3 Å². The average Bonchev–Trinajstić information content (AvgIpc) is 2.27. The fourth-order valence-corrected chi connectivity index (χ4v) is 1.70. The summed E-state index contributed by atoms with van der Waals surface area (Å²) in [5, 5.41) is 2.95. The van der Waals surface area contributed by atoms with Crippen LogP contribution >= 0.6 is 0 Å². The van der Waals surface area contributed by atoms with Gasteiger partial charge < -0.3 is 11.1 Å². The van der Waals surface area contributed by atoms with Gasteiger partial charge in [0.1, 0.15) is 0 Å². The molecule has 1 rings (SSSR count). The Labute approximate surface area is 116 Å². The van der Waals surface area contributed by atoms with Gasteiger partial charge in [0.2, 0.25) is 5.91 Å². The van der Waals surface area contributed by atoms with E-state index in [1.54, 1.807) is 0 Å². The topological polar surface area (TPSA) is 55.1 Å². The highest BCUT2D eigenvalue weighted by molar-refractivity contribution is 5.90. The molecular formula is C16H26N2O. The number of anilines is 1. The van der Waals surface area contributed by atoms with Gasteiger partial charge in [-0.1, -0.05) is 39.8 Å². The summed E-state index contributed by atoms with van der Waals surface area (Å²) in [5.74, 6) is 0.397. The third-order valence-corrected chi connectivity index (χ3v) is 3.67. The smallest absolute Gasteiger partial charge is 0.224 e. The highest BCUT2D eigenvalue weighted by Gasteiger charge is 2.22. The lowest BCUT2D eigenvalue weighted by Gasteiger charge is -2.26. The Bertz CT molecular complexity index is 433. The molecule has 19 heavy (non-hydrogen) atoms. The predicted octanol–water partition coefficient (Wildman–Crippen LogP) is 3.72. The number of nitrogens with two attached hydrogens (primary N) is 1. The summed E-state index contributed by atoms with van der Waals surface area (Å²) >= 11 is 0. The minimum Gasteiger partial charge on any atom is -0.326 e. The lowest BCUT2D eigenvalue weighted by atomic mass is 9.80. The maximum absolute atomic E-state index is 12.0. The van der Waals surface area contributed by atoms with Crippen LogP contribution < -0.4 is 11.1 Å². The second-order valence-electron chi connectivity index (χ2n) is 6.43. The molecule has 1 amide bonds. The lowest BCUT2D eigenvalue weighted by molar-refractivity contribution is -0.117. The number of benzene rings is 1. The Balaban J connectivity index is 2.65. The van der Waals surface area contributed by atoms with E-state index in [1.807, 2.05) is 31.2 Å². The lowest BCUT2D eigenvalue weighted by Crippen LogP contribution is -2.24. The molecule has 2 unspecified atom stereocenters. The Morgan fingerprint density at radius 1 is 1.32 bits per heavy atom. The highest BCUT2D eigenvalue weighted by Crippen LogP contribution is 2.28. The fourth-order valence-electron chi connectivity index (χ4n) is 1.70. The summed E-state index contributed by atoms with van der Waals surface area (Å²) in [5.41, 5.74) is 7.83. The quantitative estimate of drug-likeness (QED) is 0.869. The second-order valence-corrected chi connectivity index (χ2v) is 6.43. The van der Waals surface area contributed by atoms with E-state index in [9.17, 15) is 4.79 Å². The normalized spacial score (nSPS) is 14.8. The first kappa shape index (κ1) is 15.7. The zero-order valence-corrected chi connectivity index (χ0v) is 12.7. The van der Waals surface area contributed by atoms with Crippen molar-refractivity contribution in [3.05, 3.63) is 29.8 Å². The standard InChI is InChI=1S/C16H26N2O/c1-11(16(3,4)5)9-15(19)18-14-8-6-7-13(10-14)12(2)17/h6-8,10-12H,9,17H2,1-5H3,(H,18,19). The average molecular weight is 262 g/mol. The molecule has 3 heteroatoms. The van der Waals surface area contributed by atoms with E-state index in [0.29, 0.717) is 12.3 Å². The van der Waals surface area contributed by atoms with Gasteiger partial charge in [0.15, 0.2) is 0 Å². The fraction of sp³-hybridized carbons (Fsp3) is 0.562. The SMILES string of the molecule is CC(N)c1cccc(NC(=O)CC(C)C(C)(C)C)c1. The van der Waals surface area contributed by atoms with E-state index in [-0.39, 0.29) is 17.4 Å². The summed E-state index contributed by atoms with van der Waals surface area (Å²) < 4.78 is 0. The third-order valence-electron chi connectivity index (χ3n) is 3.67. The maximum atomic E-state index is 12.0. The summed E-state index contributed by atoms with van der Waals surface area (Å²) in [4.78, 5) is 12.0. The zero-order chi connectivity index (χ0) is 14.6. The minimum atomic E-state index is -0.0228. The molecule has 0 heterocycles. The molecule has 0 saturated heterocycles. The van der Waals surface area contributed by atoms with Gasteiger partial charge in [0.05, 0.1) is 0 Å². The van der Waals surface area contributed by atoms with Crippen molar-refractivity contribution in [2.24, 2.45) is 17.1 Å². The zero-order valence-electron chi connectivity index (χ0n) is 12.7. The molecule has 0 aliphatic heterocycles. The van der Waals surface area contributed by atoms with Crippen LogP contribution in [-0.2, 0) is 4.79 Å². The van der Waals surface area contributed by atoms with Crippen molar-refractivity contribution in [3.8, 4) is 0 Å². The summed E-state index contributed by atoms with van der Waals surface area (Å²) in [6.45, 7) is 10.5. The van der Waals surface area contributed by atoms with Gasteiger partial charge in [-0.25, -0.2) is 0 Å². The van der Waals surface area contributed by atoms with Crippen LogP contribution in [0.4, 0.5) is 5.69 Å². The first-order valence-electron chi connectivity index (χ1n) is 6.85. The monoisotopic (exact) mass is 262 g/mol. The van der Waals surface area contributed by atoms with Gasteiger partial charge in [-0.15, -0.1) is 0 Å². The molecule has 0 saturated carbocycles. The van der Waals surface area contributed by atoms with Crippen molar-refractivity contribution in [2.45, 2.75) is 47.1 Å². The van der Waals surface area contributed by atoms with Crippen LogP contribution in [0, 0.1) is 11.3 Å². The van der Waals surface area contributed by atoms with Crippen LogP contribution in [0.1, 0.15) is 52.6 Å². The van der Waals surface area contributed by atoms with Crippen molar-refractivity contribution in [1.29, 1.82) is 0 Å². The number of nitrogens with one attached hydrogen (secondary N) is 1.